The molecule has 2 N–H and O–H groups in total. The molecule has 1 aliphatic rings. The number of thioether (sulfide) groups is 1. The van der Waals surface area contributed by atoms with Gasteiger partial charge in [0.15, 0.2) is 0 Å². The molecular weight excluding hydrogens is 302 g/mol. The Kier molecular flexibility index (Phi) is 6.54. The van der Waals surface area contributed by atoms with Crippen molar-refractivity contribution in [1.82, 2.24) is 10.2 Å². The number of piperazine rings is 1. The van der Waals surface area contributed by atoms with Gasteiger partial charge in [-0.25, -0.2) is 0 Å². The Morgan fingerprint density at radius 1 is 1.23 bits per heavy atom. The van der Waals surface area contributed by atoms with E-state index in [0.29, 0.717) is 5.75 Å². The van der Waals surface area contributed by atoms with Crippen LogP contribution >= 0.6 is 11.8 Å². The predicted molar refractivity (Wildman–Crippen MR) is 88.4 cm³/mol. The lowest BCUT2D eigenvalue weighted by atomic mass is 10.3. The number of carbonyl (C=O) groups is 2. The van der Waals surface area contributed by atoms with Crippen LogP contribution in [0.1, 0.15) is 0 Å². The smallest absolute Gasteiger partial charge is 0.234 e. The predicted octanol–water partition coefficient (Wildman–Crippen LogP) is 0.799. The van der Waals surface area contributed by atoms with Crippen LogP contribution in [-0.2, 0) is 9.59 Å². The SMILES string of the molecule is COc1ccc(NC(=O)CSCC(=O)N2CCNCC2)cc1. The molecule has 2 rings (SSSR count). The number of nitrogens with zero attached hydrogens (tertiary/aromatic N) is 1. The van der Waals surface area contributed by atoms with Crippen LogP contribution in [0.3, 0.4) is 0 Å². The number of anilines is 1. The fourth-order valence-electron chi connectivity index (χ4n) is 2.11. The van der Waals surface area contributed by atoms with E-state index in [1.807, 2.05) is 4.90 Å². The van der Waals surface area contributed by atoms with E-state index < -0.39 is 0 Å². The van der Waals surface area contributed by atoms with Crippen LogP contribution in [0.15, 0.2) is 24.3 Å². The van der Waals surface area contributed by atoms with Crippen molar-refractivity contribution in [3.05, 3.63) is 24.3 Å². The molecule has 6 nitrogen and oxygen atoms in total. The standard InChI is InChI=1S/C15H21N3O3S/c1-21-13-4-2-12(3-5-13)17-14(19)10-22-11-15(20)18-8-6-16-7-9-18/h2-5,16H,6-11H2,1H3,(H,17,19). The third-order valence-corrected chi connectivity index (χ3v) is 4.22. The molecule has 1 heterocycles. The third kappa shape index (κ3) is 5.23. The second-order valence-electron chi connectivity index (χ2n) is 4.90. The van der Waals surface area contributed by atoms with Gasteiger partial charge >= 0.3 is 0 Å². The van der Waals surface area contributed by atoms with Crippen LogP contribution in [0.4, 0.5) is 5.69 Å². The molecule has 1 aliphatic heterocycles. The average molecular weight is 323 g/mol. The van der Waals surface area contributed by atoms with Gasteiger partial charge in [-0.15, -0.1) is 11.8 Å². The van der Waals surface area contributed by atoms with Crippen molar-refractivity contribution >= 4 is 29.3 Å². The number of ether oxygens (including phenoxy) is 1. The average Bonchev–Trinajstić information content (AvgIpc) is 2.56. The van der Waals surface area contributed by atoms with Gasteiger partial charge in [0.05, 0.1) is 18.6 Å². The second-order valence-corrected chi connectivity index (χ2v) is 5.89. The van der Waals surface area contributed by atoms with Gasteiger partial charge < -0.3 is 20.3 Å². The van der Waals surface area contributed by atoms with Crippen LogP contribution in [0.25, 0.3) is 0 Å². The summed E-state index contributed by atoms with van der Waals surface area (Å²) in [6, 6.07) is 7.15. The molecule has 7 heteroatoms. The maximum Gasteiger partial charge on any atom is 0.234 e. The maximum absolute atomic E-state index is 11.9. The zero-order chi connectivity index (χ0) is 15.8. The zero-order valence-electron chi connectivity index (χ0n) is 12.6. The fraction of sp³-hybridized carbons (Fsp3) is 0.467. The van der Waals surface area contributed by atoms with Gasteiger partial charge in [-0.05, 0) is 24.3 Å². The summed E-state index contributed by atoms with van der Waals surface area (Å²) in [5, 5.41) is 6.00. The summed E-state index contributed by atoms with van der Waals surface area (Å²) in [6.07, 6.45) is 0. The number of benzene rings is 1. The number of rotatable bonds is 6. The lowest BCUT2D eigenvalue weighted by molar-refractivity contribution is -0.128. The number of amides is 2. The summed E-state index contributed by atoms with van der Waals surface area (Å²) < 4.78 is 5.06. The van der Waals surface area contributed by atoms with Crippen molar-refractivity contribution in [1.29, 1.82) is 0 Å². The minimum Gasteiger partial charge on any atom is -0.497 e. The van der Waals surface area contributed by atoms with E-state index in [-0.39, 0.29) is 17.6 Å². The van der Waals surface area contributed by atoms with Gasteiger partial charge in [-0.3, -0.25) is 9.59 Å². The molecule has 0 aliphatic carbocycles. The van der Waals surface area contributed by atoms with Gasteiger partial charge in [0.25, 0.3) is 0 Å². The first-order chi connectivity index (χ1) is 10.7. The highest BCUT2D eigenvalue weighted by Crippen LogP contribution is 2.15. The third-order valence-electron chi connectivity index (χ3n) is 3.30. The van der Waals surface area contributed by atoms with E-state index in [1.165, 1.54) is 11.8 Å². The number of hydrogen-bond acceptors (Lipinski definition) is 5. The van der Waals surface area contributed by atoms with E-state index in [1.54, 1.807) is 31.4 Å². The Balaban J connectivity index is 1.67. The van der Waals surface area contributed by atoms with Crippen LogP contribution in [-0.4, -0.2) is 61.5 Å². The Labute approximate surface area is 134 Å². The van der Waals surface area contributed by atoms with Crippen molar-refractivity contribution in [3.63, 3.8) is 0 Å². The van der Waals surface area contributed by atoms with E-state index in [9.17, 15) is 9.59 Å². The Morgan fingerprint density at radius 2 is 1.91 bits per heavy atom. The van der Waals surface area contributed by atoms with Crippen molar-refractivity contribution < 1.29 is 14.3 Å². The number of nitrogens with one attached hydrogen (secondary N) is 2. The highest BCUT2D eigenvalue weighted by molar-refractivity contribution is 8.00. The molecule has 0 unspecified atom stereocenters. The second kappa shape index (κ2) is 8.65. The summed E-state index contributed by atoms with van der Waals surface area (Å²) in [7, 11) is 1.60. The first kappa shape index (κ1) is 16.6. The van der Waals surface area contributed by atoms with Crippen LogP contribution in [0, 0.1) is 0 Å². The molecule has 0 saturated carbocycles. The summed E-state index contributed by atoms with van der Waals surface area (Å²) in [4.78, 5) is 25.6. The Bertz CT molecular complexity index is 501. The zero-order valence-corrected chi connectivity index (χ0v) is 13.4. The minimum absolute atomic E-state index is 0.101. The highest BCUT2D eigenvalue weighted by Gasteiger charge is 2.16. The van der Waals surface area contributed by atoms with Gasteiger partial charge in [0, 0.05) is 31.9 Å². The number of hydrogen-bond donors (Lipinski definition) is 2. The summed E-state index contributed by atoms with van der Waals surface area (Å²) in [6.45, 7) is 3.18. The molecule has 0 spiro atoms. The molecule has 120 valence electrons. The van der Waals surface area contributed by atoms with Crippen LogP contribution in [0.2, 0.25) is 0 Å². The highest BCUT2D eigenvalue weighted by atomic mass is 32.2. The molecule has 1 aromatic rings. The van der Waals surface area contributed by atoms with E-state index >= 15 is 0 Å². The van der Waals surface area contributed by atoms with E-state index in [4.69, 9.17) is 4.74 Å². The summed E-state index contributed by atoms with van der Waals surface area (Å²) >= 11 is 1.34. The summed E-state index contributed by atoms with van der Waals surface area (Å²) in [5.74, 6) is 1.35. The molecule has 0 radical (unpaired) electrons. The van der Waals surface area contributed by atoms with Gasteiger partial charge in [0.1, 0.15) is 5.75 Å². The van der Waals surface area contributed by atoms with Gasteiger partial charge in [0.2, 0.25) is 11.8 Å². The van der Waals surface area contributed by atoms with Crippen LogP contribution < -0.4 is 15.4 Å². The lowest BCUT2D eigenvalue weighted by Crippen LogP contribution is -2.47. The molecule has 0 bridgehead atoms. The van der Waals surface area contributed by atoms with Crippen molar-refractivity contribution in [2.75, 3.05) is 50.1 Å². The first-order valence-electron chi connectivity index (χ1n) is 7.19. The van der Waals surface area contributed by atoms with Crippen molar-refractivity contribution in [3.8, 4) is 5.75 Å². The molecule has 1 aromatic carbocycles. The molecule has 2 amide bonds. The Morgan fingerprint density at radius 3 is 2.55 bits per heavy atom. The van der Waals surface area contributed by atoms with E-state index in [0.717, 1.165) is 37.6 Å². The minimum atomic E-state index is -0.108. The molecule has 0 atom stereocenters. The fourth-order valence-corrected chi connectivity index (χ4v) is 2.82. The monoisotopic (exact) mass is 323 g/mol. The molecule has 0 aromatic heterocycles. The lowest BCUT2D eigenvalue weighted by Gasteiger charge is -2.27. The molecular formula is C15H21N3O3S. The van der Waals surface area contributed by atoms with Crippen LogP contribution in [0.5, 0.6) is 5.75 Å². The number of carbonyl (C=O) groups excluding carboxylic acids is 2. The quantitative estimate of drug-likeness (QED) is 0.810. The summed E-state index contributed by atoms with van der Waals surface area (Å²) in [5.41, 5.74) is 0.722. The molecule has 1 saturated heterocycles. The number of methoxy groups -OCH3 is 1. The maximum atomic E-state index is 11.9. The van der Waals surface area contributed by atoms with Crippen molar-refractivity contribution in [2.45, 2.75) is 0 Å². The normalized spacial score (nSPS) is 14.5. The van der Waals surface area contributed by atoms with Gasteiger partial charge in [-0.1, -0.05) is 0 Å². The molecule has 1 fully saturated rings. The first-order valence-corrected chi connectivity index (χ1v) is 8.34. The van der Waals surface area contributed by atoms with Gasteiger partial charge in [-0.2, -0.15) is 0 Å². The largest absolute Gasteiger partial charge is 0.497 e. The molecule has 22 heavy (non-hydrogen) atoms. The topological polar surface area (TPSA) is 70.7 Å². The Hall–Kier alpha value is -1.73. The van der Waals surface area contributed by atoms with E-state index in [2.05, 4.69) is 10.6 Å². The van der Waals surface area contributed by atoms with Crippen molar-refractivity contribution in [2.24, 2.45) is 0 Å².